The summed E-state index contributed by atoms with van der Waals surface area (Å²) < 4.78 is 5.59. The molecule has 27 heavy (non-hydrogen) atoms. The van der Waals surface area contributed by atoms with E-state index < -0.39 is 5.97 Å². The number of carbonyl (C=O) groups excluding carboxylic acids is 1. The van der Waals surface area contributed by atoms with Gasteiger partial charge in [0.1, 0.15) is 5.75 Å². The van der Waals surface area contributed by atoms with E-state index in [9.17, 15) is 9.59 Å². The van der Waals surface area contributed by atoms with Crippen molar-refractivity contribution in [1.29, 1.82) is 0 Å². The minimum atomic E-state index is -1.07. The summed E-state index contributed by atoms with van der Waals surface area (Å²) in [5, 5.41) is 15.1. The van der Waals surface area contributed by atoms with Crippen LogP contribution in [0.15, 0.2) is 53.1 Å². The maximum atomic E-state index is 12.9. The molecule has 0 aromatic heterocycles. The van der Waals surface area contributed by atoms with E-state index in [1.807, 2.05) is 6.92 Å². The highest BCUT2D eigenvalue weighted by atomic mass is 35.5. The van der Waals surface area contributed by atoms with Crippen molar-refractivity contribution in [3.63, 3.8) is 0 Å². The second kappa shape index (κ2) is 7.63. The van der Waals surface area contributed by atoms with Crippen LogP contribution in [0.4, 0.5) is 5.69 Å². The highest BCUT2D eigenvalue weighted by molar-refractivity contribution is 6.33. The molecule has 138 valence electrons. The second-order valence-corrected chi connectivity index (χ2v) is 6.27. The molecule has 1 aliphatic heterocycles. The minimum Gasteiger partial charge on any atom is -0.493 e. The standard InChI is InChI=1S/C20H17ClN2O4/c1-3-27-18-8-7-15(21)9-14(18)11-17-12(2)22-23(19(17)24)16-6-4-5-13(10-16)20(25)26/h4-11H,3H2,1-2H3,(H,25,26)/b17-11+. The SMILES string of the molecule is CCOc1ccc(Cl)cc1/C=C1/C(=O)N(c2cccc(C(=O)O)c2)N=C1C. The van der Waals surface area contributed by atoms with E-state index in [0.717, 1.165) is 0 Å². The first-order valence-corrected chi connectivity index (χ1v) is 8.66. The average Bonchev–Trinajstić information content (AvgIpc) is 2.92. The molecule has 2 aromatic rings. The Kier molecular flexibility index (Phi) is 5.28. The third kappa shape index (κ3) is 3.85. The van der Waals surface area contributed by atoms with Crippen LogP contribution in [0.25, 0.3) is 6.08 Å². The van der Waals surface area contributed by atoms with E-state index in [1.54, 1.807) is 43.3 Å². The fourth-order valence-corrected chi connectivity index (χ4v) is 2.89. The maximum Gasteiger partial charge on any atom is 0.335 e. The number of hydrazone groups is 1. The topological polar surface area (TPSA) is 79.2 Å². The molecule has 6 nitrogen and oxygen atoms in total. The van der Waals surface area contributed by atoms with Gasteiger partial charge in [-0.1, -0.05) is 17.7 Å². The zero-order valence-electron chi connectivity index (χ0n) is 14.8. The van der Waals surface area contributed by atoms with Gasteiger partial charge in [-0.15, -0.1) is 0 Å². The lowest BCUT2D eigenvalue weighted by Crippen LogP contribution is -2.21. The molecule has 7 heteroatoms. The third-order valence-electron chi connectivity index (χ3n) is 3.97. The molecular weight excluding hydrogens is 368 g/mol. The maximum absolute atomic E-state index is 12.9. The van der Waals surface area contributed by atoms with Crippen LogP contribution in [0.1, 0.15) is 29.8 Å². The van der Waals surface area contributed by atoms with Crippen LogP contribution >= 0.6 is 11.6 Å². The number of halogens is 1. The van der Waals surface area contributed by atoms with Crippen LogP contribution in [0.3, 0.4) is 0 Å². The van der Waals surface area contributed by atoms with E-state index in [-0.39, 0.29) is 11.5 Å². The largest absolute Gasteiger partial charge is 0.493 e. The highest BCUT2D eigenvalue weighted by Crippen LogP contribution is 2.29. The highest BCUT2D eigenvalue weighted by Gasteiger charge is 2.29. The van der Waals surface area contributed by atoms with Crippen LogP contribution in [0, 0.1) is 0 Å². The monoisotopic (exact) mass is 384 g/mol. The molecule has 1 aliphatic rings. The van der Waals surface area contributed by atoms with Gasteiger partial charge in [0.05, 0.1) is 29.1 Å². The zero-order valence-corrected chi connectivity index (χ0v) is 15.5. The summed E-state index contributed by atoms with van der Waals surface area (Å²) >= 11 is 6.08. The van der Waals surface area contributed by atoms with Crippen molar-refractivity contribution >= 4 is 41.0 Å². The van der Waals surface area contributed by atoms with E-state index in [1.165, 1.54) is 17.1 Å². The number of anilines is 1. The van der Waals surface area contributed by atoms with Crippen molar-refractivity contribution in [2.75, 3.05) is 11.6 Å². The van der Waals surface area contributed by atoms with Crippen LogP contribution < -0.4 is 9.75 Å². The first-order chi connectivity index (χ1) is 12.9. The fraction of sp³-hybridized carbons (Fsp3) is 0.150. The lowest BCUT2D eigenvalue weighted by atomic mass is 10.1. The van der Waals surface area contributed by atoms with Crippen LogP contribution in [0.2, 0.25) is 5.02 Å². The van der Waals surface area contributed by atoms with Crippen LogP contribution in [-0.2, 0) is 4.79 Å². The first kappa shape index (κ1) is 18.7. The number of hydrogen-bond acceptors (Lipinski definition) is 4. The van der Waals surface area contributed by atoms with Gasteiger partial charge in [-0.2, -0.15) is 10.1 Å². The van der Waals surface area contributed by atoms with E-state index in [4.69, 9.17) is 21.4 Å². The van der Waals surface area contributed by atoms with Crippen molar-refractivity contribution in [2.45, 2.75) is 13.8 Å². The lowest BCUT2D eigenvalue weighted by molar-refractivity contribution is -0.114. The number of nitrogens with zero attached hydrogens (tertiary/aromatic N) is 2. The Morgan fingerprint density at radius 1 is 1.30 bits per heavy atom. The Morgan fingerprint density at radius 3 is 2.78 bits per heavy atom. The number of amides is 1. The van der Waals surface area contributed by atoms with Gasteiger partial charge in [0.2, 0.25) is 0 Å². The van der Waals surface area contributed by atoms with Crippen LogP contribution in [0.5, 0.6) is 5.75 Å². The summed E-state index contributed by atoms with van der Waals surface area (Å²) in [5.74, 6) is -0.806. The normalized spacial score (nSPS) is 15.2. The van der Waals surface area contributed by atoms with Crippen molar-refractivity contribution in [3.05, 3.63) is 64.2 Å². The number of carboxylic acids is 1. The van der Waals surface area contributed by atoms with Crippen molar-refractivity contribution in [3.8, 4) is 5.75 Å². The second-order valence-electron chi connectivity index (χ2n) is 5.83. The Balaban J connectivity index is 1.99. The molecule has 0 saturated carbocycles. The number of hydrogen-bond donors (Lipinski definition) is 1. The van der Waals surface area contributed by atoms with Gasteiger partial charge < -0.3 is 9.84 Å². The number of ether oxygens (including phenoxy) is 1. The molecule has 0 saturated heterocycles. The molecule has 0 unspecified atom stereocenters. The number of carboxylic acid groups (broad SMARTS) is 1. The number of carbonyl (C=O) groups is 2. The number of aromatic carboxylic acids is 1. The quantitative estimate of drug-likeness (QED) is 0.782. The summed E-state index contributed by atoms with van der Waals surface area (Å²) in [6, 6.07) is 11.3. The van der Waals surface area contributed by atoms with Gasteiger partial charge in [-0.25, -0.2) is 4.79 Å². The summed E-state index contributed by atoms with van der Waals surface area (Å²) in [4.78, 5) is 24.1. The summed E-state index contributed by atoms with van der Waals surface area (Å²) in [6.07, 6.45) is 1.68. The summed E-state index contributed by atoms with van der Waals surface area (Å²) in [7, 11) is 0. The Morgan fingerprint density at radius 2 is 2.07 bits per heavy atom. The molecule has 0 atom stereocenters. The molecule has 3 rings (SSSR count). The molecular formula is C20H17ClN2O4. The minimum absolute atomic E-state index is 0.0825. The fourth-order valence-electron chi connectivity index (χ4n) is 2.70. The van der Waals surface area contributed by atoms with E-state index in [2.05, 4.69) is 5.10 Å². The summed E-state index contributed by atoms with van der Waals surface area (Å²) in [6.45, 7) is 4.07. The molecule has 1 heterocycles. The average molecular weight is 385 g/mol. The van der Waals surface area contributed by atoms with E-state index >= 15 is 0 Å². The first-order valence-electron chi connectivity index (χ1n) is 8.28. The Bertz CT molecular complexity index is 982. The van der Waals surface area contributed by atoms with Crippen molar-refractivity contribution < 1.29 is 19.4 Å². The predicted molar refractivity (Wildman–Crippen MR) is 105 cm³/mol. The van der Waals surface area contributed by atoms with Gasteiger partial charge in [-0.05, 0) is 56.3 Å². The summed E-state index contributed by atoms with van der Waals surface area (Å²) in [5.41, 5.74) is 2.04. The molecule has 2 aromatic carbocycles. The molecule has 1 N–H and O–H groups in total. The predicted octanol–water partition coefficient (Wildman–Crippen LogP) is 4.24. The van der Waals surface area contributed by atoms with Crippen LogP contribution in [-0.4, -0.2) is 29.3 Å². The molecule has 0 aliphatic carbocycles. The van der Waals surface area contributed by atoms with E-state index in [0.29, 0.717) is 39.9 Å². The third-order valence-corrected chi connectivity index (χ3v) is 4.21. The van der Waals surface area contributed by atoms with Gasteiger partial charge >= 0.3 is 5.97 Å². The van der Waals surface area contributed by atoms with Gasteiger partial charge in [0.15, 0.2) is 0 Å². The van der Waals surface area contributed by atoms with Crippen molar-refractivity contribution in [2.24, 2.45) is 5.10 Å². The molecule has 0 spiro atoms. The van der Waals surface area contributed by atoms with Gasteiger partial charge in [0.25, 0.3) is 5.91 Å². The number of rotatable bonds is 5. The Labute approximate surface area is 161 Å². The molecule has 0 bridgehead atoms. The molecule has 0 fully saturated rings. The van der Waals surface area contributed by atoms with Gasteiger partial charge in [-0.3, -0.25) is 4.79 Å². The zero-order chi connectivity index (χ0) is 19.6. The molecule has 1 amide bonds. The Hall–Kier alpha value is -3.12. The van der Waals surface area contributed by atoms with Gasteiger partial charge in [0, 0.05) is 10.6 Å². The van der Waals surface area contributed by atoms with Crippen molar-refractivity contribution in [1.82, 2.24) is 0 Å². The number of benzene rings is 2. The lowest BCUT2D eigenvalue weighted by Gasteiger charge is -2.12. The molecule has 0 radical (unpaired) electrons. The smallest absolute Gasteiger partial charge is 0.335 e.